The molecule has 0 unspecified atom stereocenters. The highest BCUT2D eigenvalue weighted by molar-refractivity contribution is 6.34. The second kappa shape index (κ2) is 8.93. The summed E-state index contributed by atoms with van der Waals surface area (Å²) in [6.45, 7) is 2.05. The van der Waals surface area contributed by atoms with Crippen molar-refractivity contribution in [2.45, 2.75) is 0 Å². The van der Waals surface area contributed by atoms with Crippen LogP contribution in [0, 0.1) is 15.9 Å². The van der Waals surface area contributed by atoms with Gasteiger partial charge in [0.1, 0.15) is 22.6 Å². The molecule has 0 spiro atoms. The van der Waals surface area contributed by atoms with Crippen molar-refractivity contribution in [1.82, 2.24) is 4.98 Å². The zero-order chi connectivity index (χ0) is 22.8. The fraction of sp³-hybridized carbons (Fsp3) is 0.238. The Labute approximate surface area is 186 Å². The molecule has 1 fully saturated rings. The van der Waals surface area contributed by atoms with Gasteiger partial charge in [-0.05, 0) is 18.2 Å². The number of methoxy groups -OCH3 is 1. The number of esters is 1. The lowest BCUT2D eigenvalue weighted by atomic mass is 10.1. The second-order valence-electron chi connectivity index (χ2n) is 6.98. The van der Waals surface area contributed by atoms with E-state index in [1.807, 2.05) is 4.90 Å². The summed E-state index contributed by atoms with van der Waals surface area (Å²) < 4.78 is 24.4. The Kier molecular flexibility index (Phi) is 6.06. The predicted molar refractivity (Wildman–Crippen MR) is 117 cm³/mol. The first-order chi connectivity index (χ1) is 15.4. The number of benzene rings is 2. The van der Waals surface area contributed by atoms with Gasteiger partial charge < -0.3 is 19.7 Å². The number of hydrogen-bond acceptors (Lipinski definition) is 8. The monoisotopic (exact) mass is 460 g/mol. The molecule has 0 radical (unpaired) electrons. The summed E-state index contributed by atoms with van der Waals surface area (Å²) in [7, 11) is 1.15. The van der Waals surface area contributed by atoms with E-state index < -0.39 is 22.4 Å². The summed E-state index contributed by atoms with van der Waals surface area (Å²) in [6, 6.07) is 7.31. The molecule has 0 atom stereocenters. The van der Waals surface area contributed by atoms with Crippen LogP contribution in [-0.2, 0) is 9.47 Å². The Balaban J connectivity index is 1.92. The van der Waals surface area contributed by atoms with Crippen LogP contribution in [0.2, 0.25) is 5.02 Å². The Bertz CT molecular complexity index is 1220. The molecule has 166 valence electrons. The highest BCUT2D eigenvalue weighted by Gasteiger charge is 2.29. The molecule has 1 aromatic heterocycles. The van der Waals surface area contributed by atoms with E-state index in [0.29, 0.717) is 37.4 Å². The summed E-state index contributed by atoms with van der Waals surface area (Å²) in [4.78, 5) is 29.7. The van der Waals surface area contributed by atoms with Gasteiger partial charge in [-0.2, -0.15) is 0 Å². The number of anilines is 3. The van der Waals surface area contributed by atoms with Gasteiger partial charge in [0, 0.05) is 30.4 Å². The predicted octanol–water partition coefficient (Wildman–Crippen LogP) is 4.30. The van der Waals surface area contributed by atoms with Crippen LogP contribution in [0.15, 0.2) is 36.5 Å². The average molecular weight is 461 g/mol. The average Bonchev–Trinajstić information content (AvgIpc) is 2.80. The summed E-state index contributed by atoms with van der Waals surface area (Å²) in [5, 5.41) is 15.4. The summed E-state index contributed by atoms with van der Waals surface area (Å²) in [5.74, 6) is -1.42. The van der Waals surface area contributed by atoms with Gasteiger partial charge in [-0.3, -0.25) is 15.1 Å². The fourth-order valence-electron chi connectivity index (χ4n) is 3.61. The third kappa shape index (κ3) is 4.02. The smallest absolute Gasteiger partial charge is 0.345 e. The Morgan fingerprint density at radius 3 is 2.78 bits per heavy atom. The summed E-state index contributed by atoms with van der Waals surface area (Å²) >= 11 is 6.32. The number of fused-ring (bicyclic) bond motifs is 1. The van der Waals surface area contributed by atoms with Crippen molar-refractivity contribution in [3.63, 3.8) is 0 Å². The molecule has 3 aromatic rings. The largest absolute Gasteiger partial charge is 0.465 e. The minimum Gasteiger partial charge on any atom is -0.465 e. The molecule has 1 saturated heterocycles. The fourth-order valence-corrected chi connectivity index (χ4v) is 3.80. The van der Waals surface area contributed by atoms with Crippen molar-refractivity contribution < 1.29 is 23.6 Å². The van der Waals surface area contributed by atoms with E-state index in [1.54, 1.807) is 12.1 Å². The Morgan fingerprint density at radius 1 is 1.34 bits per heavy atom. The molecule has 11 heteroatoms. The number of nitro groups is 1. The minimum absolute atomic E-state index is 0.0121. The molecule has 0 amide bonds. The zero-order valence-corrected chi connectivity index (χ0v) is 17.7. The first-order valence-corrected chi connectivity index (χ1v) is 10.0. The van der Waals surface area contributed by atoms with Crippen LogP contribution in [0.5, 0.6) is 0 Å². The van der Waals surface area contributed by atoms with E-state index in [9.17, 15) is 19.3 Å². The SMILES string of the molecule is COC(=O)c1cc(N2CCOCC2)cc(Nc2c(Cl)cnc3c(F)cccc23)c1[N+](=O)[O-]. The van der Waals surface area contributed by atoms with Crippen molar-refractivity contribution >= 4 is 51.2 Å². The van der Waals surface area contributed by atoms with Gasteiger partial charge in [0.25, 0.3) is 0 Å². The lowest BCUT2D eigenvalue weighted by Gasteiger charge is -2.29. The van der Waals surface area contributed by atoms with E-state index in [4.69, 9.17) is 21.1 Å². The van der Waals surface area contributed by atoms with Gasteiger partial charge >= 0.3 is 11.7 Å². The lowest BCUT2D eigenvalue weighted by Crippen LogP contribution is -2.36. The number of morpholine rings is 1. The number of rotatable bonds is 5. The highest BCUT2D eigenvalue weighted by Crippen LogP contribution is 2.40. The first kappa shape index (κ1) is 21.7. The number of halogens is 2. The maximum atomic E-state index is 14.2. The highest BCUT2D eigenvalue weighted by atomic mass is 35.5. The Morgan fingerprint density at radius 2 is 2.09 bits per heavy atom. The topological polar surface area (TPSA) is 107 Å². The van der Waals surface area contributed by atoms with Crippen LogP contribution in [-0.4, -0.2) is 49.3 Å². The van der Waals surface area contributed by atoms with Gasteiger partial charge in [-0.1, -0.05) is 23.7 Å². The summed E-state index contributed by atoms with van der Waals surface area (Å²) in [6.07, 6.45) is 1.26. The number of nitrogens with zero attached hydrogens (tertiary/aromatic N) is 3. The third-order valence-corrected chi connectivity index (χ3v) is 5.41. The van der Waals surface area contributed by atoms with Crippen molar-refractivity contribution in [1.29, 1.82) is 0 Å². The van der Waals surface area contributed by atoms with Crippen LogP contribution in [0.25, 0.3) is 10.9 Å². The van der Waals surface area contributed by atoms with E-state index in [1.165, 1.54) is 24.4 Å². The number of hydrogen-bond donors (Lipinski definition) is 1. The van der Waals surface area contributed by atoms with Gasteiger partial charge in [0.05, 0.1) is 36.0 Å². The molecule has 4 rings (SSSR count). The molecule has 32 heavy (non-hydrogen) atoms. The van der Waals surface area contributed by atoms with Crippen molar-refractivity contribution in [3.05, 3.63) is 63.0 Å². The number of para-hydroxylation sites is 1. The molecular weight excluding hydrogens is 443 g/mol. The normalized spacial score (nSPS) is 13.8. The van der Waals surface area contributed by atoms with Crippen LogP contribution in [0.1, 0.15) is 10.4 Å². The zero-order valence-electron chi connectivity index (χ0n) is 16.9. The molecule has 2 heterocycles. The van der Waals surface area contributed by atoms with Crippen molar-refractivity contribution in [3.8, 4) is 0 Å². The number of nitrogens with one attached hydrogen (secondary N) is 1. The quantitative estimate of drug-likeness (QED) is 0.341. The molecule has 2 aromatic carbocycles. The lowest BCUT2D eigenvalue weighted by molar-refractivity contribution is -0.384. The van der Waals surface area contributed by atoms with Crippen LogP contribution >= 0.6 is 11.6 Å². The number of nitro benzene ring substituents is 1. The van der Waals surface area contributed by atoms with Crippen LogP contribution < -0.4 is 10.2 Å². The number of ether oxygens (including phenoxy) is 2. The number of aromatic nitrogens is 1. The second-order valence-corrected chi connectivity index (χ2v) is 7.39. The van der Waals surface area contributed by atoms with Gasteiger partial charge in [-0.15, -0.1) is 0 Å². The number of carbonyl (C=O) groups excluding carboxylic acids is 1. The van der Waals surface area contributed by atoms with E-state index in [2.05, 4.69) is 10.3 Å². The molecule has 1 N–H and O–H groups in total. The van der Waals surface area contributed by atoms with Crippen LogP contribution in [0.3, 0.4) is 0 Å². The minimum atomic E-state index is -0.855. The molecule has 0 aliphatic carbocycles. The van der Waals surface area contributed by atoms with Gasteiger partial charge in [-0.25, -0.2) is 9.18 Å². The van der Waals surface area contributed by atoms with Crippen LogP contribution in [0.4, 0.5) is 27.1 Å². The van der Waals surface area contributed by atoms with Crippen molar-refractivity contribution in [2.24, 2.45) is 0 Å². The third-order valence-electron chi connectivity index (χ3n) is 5.12. The van der Waals surface area contributed by atoms with E-state index >= 15 is 0 Å². The maximum Gasteiger partial charge on any atom is 0.345 e. The van der Waals surface area contributed by atoms with E-state index in [0.717, 1.165) is 7.11 Å². The maximum absolute atomic E-state index is 14.2. The first-order valence-electron chi connectivity index (χ1n) is 9.64. The summed E-state index contributed by atoms with van der Waals surface area (Å²) in [5.41, 5.74) is 0.172. The van der Waals surface area contributed by atoms with Crippen molar-refractivity contribution in [2.75, 3.05) is 43.6 Å². The molecule has 9 nitrogen and oxygen atoms in total. The number of pyridine rings is 1. The molecular formula is C21H18ClFN4O5. The molecule has 1 aliphatic heterocycles. The standard InChI is InChI=1S/C21H18ClFN4O5/c1-31-21(28)14-9-12(26-5-7-32-8-6-26)10-17(20(14)27(29)30)25-18-13-3-2-4-16(23)19(13)24-11-15(18)22/h2-4,9-11H,5-8H2,1H3,(H,24,25). The van der Waals surface area contributed by atoms with Gasteiger partial charge in [0.15, 0.2) is 0 Å². The Hall–Kier alpha value is -3.50. The van der Waals surface area contributed by atoms with Gasteiger partial charge in [0.2, 0.25) is 0 Å². The molecule has 1 aliphatic rings. The van der Waals surface area contributed by atoms with E-state index in [-0.39, 0.29) is 27.5 Å². The molecule has 0 saturated carbocycles. The number of carbonyl (C=O) groups is 1. The molecule has 0 bridgehead atoms.